The number of amides is 1. The van der Waals surface area contributed by atoms with Crippen molar-refractivity contribution in [1.29, 1.82) is 0 Å². The summed E-state index contributed by atoms with van der Waals surface area (Å²) in [6.07, 6.45) is 1.94. The van der Waals surface area contributed by atoms with Crippen LogP contribution in [-0.4, -0.2) is 50.0 Å². The summed E-state index contributed by atoms with van der Waals surface area (Å²) in [6, 6.07) is 11.4. The molecule has 2 heterocycles. The second-order valence-electron chi connectivity index (χ2n) is 8.36. The average molecular weight is 445 g/mol. The second-order valence-corrected chi connectivity index (χ2v) is 10.3. The Morgan fingerprint density at radius 3 is 2.52 bits per heavy atom. The van der Waals surface area contributed by atoms with Crippen molar-refractivity contribution in [2.24, 2.45) is 0 Å². The van der Waals surface area contributed by atoms with Crippen molar-refractivity contribution >= 4 is 21.6 Å². The average Bonchev–Trinajstić information content (AvgIpc) is 3.41. The molecule has 1 fully saturated rings. The van der Waals surface area contributed by atoms with E-state index in [1.165, 1.54) is 11.2 Å². The van der Waals surface area contributed by atoms with Crippen LogP contribution in [-0.2, 0) is 26.8 Å². The summed E-state index contributed by atoms with van der Waals surface area (Å²) in [5.41, 5.74) is 0.901. The van der Waals surface area contributed by atoms with E-state index in [2.05, 4.69) is 0 Å². The Hall–Kier alpha value is -2.42. The number of carbonyl (C=O) groups excluding carboxylic acids is 1. The molecule has 8 heteroatoms. The number of sulfonamides is 1. The molecule has 1 N–H and O–H groups in total. The SMILES string of the molecule is COc1ccc([C@@](C)(O)[C@@H]2CCCN2S(=O)(=O)c2ccc3c(c2)N(C(C)=O)CC3)cc1. The van der Waals surface area contributed by atoms with E-state index < -0.39 is 21.7 Å². The topological polar surface area (TPSA) is 87.2 Å². The zero-order valence-corrected chi connectivity index (χ0v) is 18.9. The molecular weight excluding hydrogens is 416 g/mol. The molecule has 0 saturated carbocycles. The highest BCUT2D eigenvalue weighted by atomic mass is 32.2. The van der Waals surface area contributed by atoms with Crippen LogP contribution < -0.4 is 9.64 Å². The van der Waals surface area contributed by atoms with Crippen LogP contribution in [0.3, 0.4) is 0 Å². The first-order valence-corrected chi connectivity index (χ1v) is 11.9. The molecule has 0 bridgehead atoms. The standard InChI is InChI=1S/C23H28N2O5S/c1-16(26)24-14-12-17-6-11-20(15-21(17)24)31(28,29)25-13-4-5-22(25)23(2,27)18-7-9-19(30-3)10-8-18/h6-11,15,22,27H,4-5,12-14H2,1-3H3/t22-,23+/m0/s1. The van der Waals surface area contributed by atoms with Gasteiger partial charge in [-0.05, 0) is 61.6 Å². The number of hydrogen-bond donors (Lipinski definition) is 1. The van der Waals surface area contributed by atoms with Gasteiger partial charge < -0.3 is 14.7 Å². The molecule has 0 radical (unpaired) electrons. The van der Waals surface area contributed by atoms with Gasteiger partial charge in [0.05, 0.1) is 18.0 Å². The molecule has 2 aliphatic heterocycles. The molecule has 1 saturated heterocycles. The summed E-state index contributed by atoms with van der Waals surface area (Å²) in [5.74, 6) is 0.568. The monoisotopic (exact) mass is 444 g/mol. The van der Waals surface area contributed by atoms with Gasteiger partial charge in [0.2, 0.25) is 15.9 Å². The first-order valence-electron chi connectivity index (χ1n) is 10.5. The smallest absolute Gasteiger partial charge is 0.243 e. The summed E-state index contributed by atoms with van der Waals surface area (Å²) < 4.78 is 33.8. The fraction of sp³-hybridized carbons (Fsp3) is 0.435. The van der Waals surface area contributed by atoms with Crippen molar-refractivity contribution in [3.05, 3.63) is 53.6 Å². The Labute approximate surface area is 183 Å². The fourth-order valence-corrected chi connectivity index (χ4v) is 6.48. The molecule has 4 rings (SSSR count). The van der Waals surface area contributed by atoms with E-state index in [-0.39, 0.29) is 10.8 Å². The van der Waals surface area contributed by atoms with Crippen molar-refractivity contribution in [1.82, 2.24) is 4.31 Å². The molecule has 1 amide bonds. The first-order chi connectivity index (χ1) is 14.7. The minimum absolute atomic E-state index is 0.102. The molecule has 2 atom stereocenters. The highest BCUT2D eigenvalue weighted by Crippen LogP contribution is 2.39. The van der Waals surface area contributed by atoms with E-state index in [0.717, 1.165) is 5.56 Å². The quantitative estimate of drug-likeness (QED) is 0.766. The Bertz CT molecular complexity index is 1100. The molecule has 0 aliphatic carbocycles. The van der Waals surface area contributed by atoms with E-state index in [0.29, 0.717) is 49.4 Å². The zero-order valence-electron chi connectivity index (χ0n) is 18.0. The number of hydrogen-bond acceptors (Lipinski definition) is 5. The molecule has 166 valence electrons. The van der Waals surface area contributed by atoms with Crippen LogP contribution >= 0.6 is 0 Å². The maximum atomic E-state index is 13.6. The largest absolute Gasteiger partial charge is 0.497 e. The zero-order chi connectivity index (χ0) is 22.4. The summed E-state index contributed by atoms with van der Waals surface area (Å²) >= 11 is 0. The van der Waals surface area contributed by atoms with E-state index in [9.17, 15) is 18.3 Å². The minimum atomic E-state index is -3.85. The summed E-state index contributed by atoms with van der Waals surface area (Å²) in [5, 5.41) is 11.4. The predicted molar refractivity (Wildman–Crippen MR) is 118 cm³/mol. The second kappa shape index (κ2) is 7.93. The lowest BCUT2D eigenvalue weighted by Crippen LogP contribution is -2.48. The molecule has 0 aromatic heterocycles. The number of benzene rings is 2. The van der Waals surface area contributed by atoms with Gasteiger partial charge in [0.25, 0.3) is 0 Å². The predicted octanol–water partition coefficient (Wildman–Crippen LogP) is 2.67. The highest BCUT2D eigenvalue weighted by Gasteiger charge is 2.46. The number of ether oxygens (including phenoxy) is 1. The van der Waals surface area contributed by atoms with Crippen LogP contribution in [0, 0.1) is 0 Å². The molecule has 2 aromatic carbocycles. The third-order valence-corrected chi connectivity index (χ3v) is 8.37. The number of aliphatic hydroxyl groups is 1. The Balaban J connectivity index is 1.68. The number of anilines is 1. The van der Waals surface area contributed by atoms with Gasteiger partial charge in [-0.3, -0.25) is 4.79 Å². The normalized spacial score (nSPS) is 21.0. The Morgan fingerprint density at radius 2 is 1.87 bits per heavy atom. The number of methoxy groups -OCH3 is 1. The van der Waals surface area contributed by atoms with Gasteiger partial charge in [-0.1, -0.05) is 18.2 Å². The van der Waals surface area contributed by atoms with Gasteiger partial charge in [0.15, 0.2) is 0 Å². The summed E-state index contributed by atoms with van der Waals surface area (Å²) in [6.45, 7) is 4.05. The van der Waals surface area contributed by atoms with Crippen molar-refractivity contribution in [3.8, 4) is 5.75 Å². The van der Waals surface area contributed by atoms with Crippen molar-refractivity contribution < 1.29 is 23.1 Å². The van der Waals surface area contributed by atoms with Crippen molar-refractivity contribution in [2.45, 2.75) is 49.6 Å². The molecule has 0 spiro atoms. The third kappa shape index (κ3) is 3.73. The van der Waals surface area contributed by atoms with Crippen LogP contribution in [0.1, 0.15) is 37.8 Å². The number of fused-ring (bicyclic) bond motifs is 1. The maximum absolute atomic E-state index is 13.6. The first kappa shape index (κ1) is 21.8. The molecule has 2 aromatic rings. The van der Waals surface area contributed by atoms with Gasteiger partial charge in [0.1, 0.15) is 11.4 Å². The third-order valence-electron chi connectivity index (χ3n) is 6.47. The summed E-state index contributed by atoms with van der Waals surface area (Å²) in [4.78, 5) is 13.7. The van der Waals surface area contributed by atoms with Crippen LogP contribution in [0.15, 0.2) is 47.4 Å². The van der Waals surface area contributed by atoms with Crippen molar-refractivity contribution in [2.75, 3.05) is 25.1 Å². The number of carbonyl (C=O) groups is 1. The molecule has 7 nitrogen and oxygen atoms in total. The van der Waals surface area contributed by atoms with Crippen LogP contribution in [0.4, 0.5) is 5.69 Å². The molecule has 31 heavy (non-hydrogen) atoms. The lowest BCUT2D eigenvalue weighted by molar-refractivity contribution is -0.116. The van der Waals surface area contributed by atoms with E-state index >= 15 is 0 Å². The maximum Gasteiger partial charge on any atom is 0.243 e. The summed E-state index contributed by atoms with van der Waals surface area (Å²) in [7, 11) is -2.28. The number of nitrogens with zero attached hydrogens (tertiary/aromatic N) is 2. The lowest BCUT2D eigenvalue weighted by atomic mass is 9.87. The van der Waals surface area contributed by atoms with Gasteiger partial charge in [-0.15, -0.1) is 0 Å². The van der Waals surface area contributed by atoms with Crippen LogP contribution in [0.2, 0.25) is 0 Å². The molecular formula is C23H28N2O5S. The van der Waals surface area contributed by atoms with Gasteiger partial charge >= 0.3 is 0 Å². The highest BCUT2D eigenvalue weighted by molar-refractivity contribution is 7.89. The van der Waals surface area contributed by atoms with E-state index in [1.807, 2.05) is 0 Å². The van der Waals surface area contributed by atoms with Gasteiger partial charge in [-0.25, -0.2) is 8.42 Å². The van der Waals surface area contributed by atoms with Gasteiger partial charge in [-0.2, -0.15) is 4.31 Å². The Kier molecular flexibility index (Phi) is 5.57. The van der Waals surface area contributed by atoms with Crippen LogP contribution in [0.25, 0.3) is 0 Å². The van der Waals surface area contributed by atoms with Crippen LogP contribution in [0.5, 0.6) is 5.75 Å². The molecule has 0 unspecified atom stereocenters. The number of rotatable bonds is 5. The van der Waals surface area contributed by atoms with Gasteiger partial charge in [0, 0.05) is 25.7 Å². The lowest BCUT2D eigenvalue weighted by Gasteiger charge is -2.36. The minimum Gasteiger partial charge on any atom is -0.497 e. The Morgan fingerprint density at radius 1 is 1.16 bits per heavy atom. The molecule has 2 aliphatic rings. The van der Waals surface area contributed by atoms with Crippen molar-refractivity contribution in [3.63, 3.8) is 0 Å². The van der Waals surface area contributed by atoms with E-state index in [1.54, 1.807) is 61.4 Å². The fourth-order valence-electron chi connectivity index (χ4n) is 4.69. The van der Waals surface area contributed by atoms with E-state index in [4.69, 9.17) is 4.74 Å².